The summed E-state index contributed by atoms with van der Waals surface area (Å²) in [4.78, 5) is 0.567. The zero-order chi connectivity index (χ0) is 14.9. The van der Waals surface area contributed by atoms with E-state index in [1.165, 1.54) is 0 Å². The van der Waals surface area contributed by atoms with Gasteiger partial charge in [0, 0.05) is 0 Å². The number of hydrogen-bond donors (Lipinski definition) is 1. The Balaban J connectivity index is 1.75. The number of unbranched alkanes of at least 4 members (excludes halogenated alkanes) is 1. The molecule has 110 valence electrons. The molecule has 0 heterocycles. The van der Waals surface area contributed by atoms with E-state index in [9.17, 15) is 0 Å². The summed E-state index contributed by atoms with van der Waals surface area (Å²) >= 11 is 4.83. The molecular formula is C17H19NO2S. The van der Waals surface area contributed by atoms with Crippen molar-refractivity contribution in [2.45, 2.75) is 19.3 Å². The van der Waals surface area contributed by atoms with Gasteiger partial charge in [-0.3, -0.25) is 0 Å². The van der Waals surface area contributed by atoms with Gasteiger partial charge in [-0.1, -0.05) is 30.4 Å². The Morgan fingerprint density at radius 1 is 0.857 bits per heavy atom. The lowest BCUT2D eigenvalue weighted by molar-refractivity contribution is 0.307. The van der Waals surface area contributed by atoms with E-state index in [-0.39, 0.29) is 0 Å². The van der Waals surface area contributed by atoms with Gasteiger partial charge < -0.3 is 15.2 Å². The van der Waals surface area contributed by atoms with E-state index in [0.717, 1.165) is 36.5 Å². The summed E-state index contributed by atoms with van der Waals surface area (Å²) in [5, 5.41) is 0. The second-order valence-corrected chi connectivity index (χ2v) is 5.18. The third kappa shape index (κ3) is 5.83. The van der Waals surface area contributed by atoms with E-state index in [1.54, 1.807) is 0 Å². The third-order valence-corrected chi connectivity index (χ3v) is 3.09. The molecule has 0 saturated carbocycles. The first-order chi connectivity index (χ1) is 10.2. The van der Waals surface area contributed by atoms with Crippen LogP contribution in [0, 0.1) is 0 Å². The number of ether oxygens (including phenoxy) is 2. The highest BCUT2D eigenvalue weighted by atomic mass is 32.1. The number of para-hydroxylation sites is 1. The monoisotopic (exact) mass is 301 g/mol. The summed E-state index contributed by atoms with van der Waals surface area (Å²) in [6.07, 6.45) is 2.69. The highest BCUT2D eigenvalue weighted by molar-refractivity contribution is 7.80. The Hall–Kier alpha value is -2.07. The molecule has 0 aromatic heterocycles. The van der Waals surface area contributed by atoms with Crippen molar-refractivity contribution in [3.8, 4) is 17.2 Å². The summed E-state index contributed by atoms with van der Waals surface area (Å²) in [6, 6.07) is 17.3. The van der Waals surface area contributed by atoms with Crippen molar-refractivity contribution < 1.29 is 9.47 Å². The van der Waals surface area contributed by atoms with Crippen molar-refractivity contribution in [2.24, 2.45) is 5.73 Å². The Labute approximate surface area is 130 Å². The van der Waals surface area contributed by atoms with Crippen LogP contribution in [0.4, 0.5) is 0 Å². The molecule has 0 radical (unpaired) electrons. The van der Waals surface area contributed by atoms with Crippen LogP contribution in [0.2, 0.25) is 0 Å². The minimum Gasteiger partial charge on any atom is -0.494 e. The lowest BCUT2D eigenvalue weighted by atomic mass is 10.2. The SMILES string of the molecule is NC(=S)CCCCOc1ccc(Oc2ccccc2)cc1. The van der Waals surface area contributed by atoms with E-state index >= 15 is 0 Å². The second-order valence-electron chi connectivity index (χ2n) is 4.66. The van der Waals surface area contributed by atoms with E-state index < -0.39 is 0 Å². The van der Waals surface area contributed by atoms with Gasteiger partial charge in [-0.05, 0) is 55.7 Å². The Morgan fingerprint density at radius 2 is 1.48 bits per heavy atom. The topological polar surface area (TPSA) is 44.5 Å². The smallest absolute Gasteiger partial charge is 0.127 e. The van der Waals surface area contributed by atoms with E-state index in [0.29, 0.717) is 11.6 Å². The van der Waals surface area contributed by atoms with Crippen LogP contribution in [0.1, 0.15) is 19.3 Å². The lowest BCUT2D eigenvalue weighted by Gasteiger charge is -2.08. The first kappa shape index (κ1) is 15.3. The van der Waals surface area contributed by atoms with Gasteiger partial charge in [-0.15, -0.1) is 0 Å². The molecule has 0 unspecified atom stereocenters. The summed E-state index contributed by atoms with van der Waals surface area (Å²) < 4.78 is 11.4. The lowest BCUT2D eigenvalue weighted by Crippen LogP contribution is -2.07. The molecule has 0 amide bonds. The fraction of sp³-hybridized carbons (Fsp3) is 0.235. The van der Waals surface area contributed by atoms with Gasteiger partial charge in [-0.2, -0.15) is 0 Å². The molecular weight excluding hydrogens is 282 g/mol. The summed E-state index contributed by atoms with van der Waals surface area (Å²) in [7, 11) is 0. The van der Waals surface area contributed by atoms with Crippen LogP contribution in [0.3, 0.4) is 0 Å². The average molecular weight is 301 g/mol. The molecule has 0 atom stereocenters. The Bertz CT molecular complexity index is 555. The molecule has 2 N–H and O–H groups in total. The van der Waals surface area contributed by atoms with Crippen molar-refractivity contribution in [1.29, 1.82) is 0 Å². The molecule has 0 aliphatic rings. The molecule has 2 rings (SSSR count). The van der Waals surface area contributed by atoms with Crippen LogP contribution in [-0.2, 0) is 0 Å². The molecule has 4 heteroatoms. The van der Waals surface area contributed by atoms with Crippen molar-refractivity contribution >= 4 is 17.2 Å². The summed E-state index contributed by atoms with van der Waals surface area (Å²) in [6.45, 7) is 0.668. The molecule has 2 aromatic carbocycles. The van der Waals surface area contributed by atoms with Crippen LogP contribution in [0.25, 0.3) is 0 Å². The maximum Gasteiger partial charge on any atom is 0.127 e. The maximum absolute atomic E-state index is 5.72. The van der Waals surface area contributed by atoms with E-state index in [4.69, 9.17) is 27.4 Å². The highest BCUT2D eigenvalue weighted by Gasteiger charge is 1.98. The second kappa shape index (κ2) is 8.27. The minimum absolute atomic E-state index is 0.567. The fourth-order valence-corrected chi connectivity index (χ4v) is 1.96. The molecule has 0 aliphatic heterocycles. The summed E-state index contributed by atoms with van der Waals surface area (Å²) in [5.74, 6) is 2.46. The number of thiocarbonyl (C=S) groups is 1. The predicted molar refractivity (Wildman–Crippen MR) is 89.1 cm³/mol. The van der Waals surface area contributed by atoms with Crippen molar-refractivity contribution in [3.05, 3.63) is 54.6 Å². The molecule has 3 nitrogen and oxygen atoms in total. The molecule has 0 spiro atoms. The molecule has 0 saturated heterocycles. The molecule has 0 aliphatic carbocycles. The van der Waals surface area contributed by atoms with Crippen LogP contribution < -0.4 is 15.2 Å². The van der Waals surface area contributed by atoms with Gasteiger partial charge in [0.15, 0.2) is 0 Å². The minimum atomic E-state index is 0.567. The van der Waals surface area contributed by atoms with E-state index in [1.807, 2.05) is 54.6 Å². The Morgan fingerprint density at radius 3 is 2.14 bits per heavy atom. The zero-order valence-corrected chi connectivity index (χ0v) is 12.6. The van der Waals surface area contributed by atoms with Gasteiger partial charge in [0.25, 0.3) is 0 Å². The molecule has 2 aromatic rings. The Kier molecular flexibility index (Phi) is 6.03. The number of hydrogen-bond acceptors (Lipinski definition) is 3. The summed E-state index contributed by atoms with van der Waals surface area (Å²) in [5.41, 5.74) is 5.44. The standard InChI is InChI=1S/C17H19NO2S/c18-17(21)8-4-5-13-19-14-9-11-16(12-10-14)20-15-6-2-1-3-7-15/h1-3,6-7,9-12H,4-5,8,13H2,(H2,18,21). The van der Waals surface area contributed by atoms with Crippen LogP contribution in [0.15, 0.2) is 54.6 Å². The average Bonchev–Trinajstić information content (AvgIpc) is 2.49. The fourth-order valence-electron chi connectivity index (χ4n) is 1.82. The van der Waals surface area contributed by atoms with Crippen LogP contribution in [0.5, 0.6) is 17.2 Å². The van der Waals surface area contributed by atoms with Gasteiger partial charge in [0.2, 0.25) is 0 Å². The van der Waals surface area contributed by atoms with Crippen LogP contribution >= 0.6 is 12.2 Å². The molecule has 0 bridgehead atoms. The largest absolute Gasteiger partial charge is 0.494 e. The van der Waals surface area contributed by atoms with Crippen molar-refractivity contribution in [3.63, 3.8) is 0 Å². The first-order valence-corrected chi connectivity index (χ1v) is 7.39. The first-order valence-electron chi connectivity index (χ1n) is 6.98. The maximum atomic E-state index is 5.72. The van der Waals surface area contributed by atoms with Gasteiger partial charge in [0.05, 0.1) is 11.6 Å². The van der Waals surface area contributed by atoms with Gasteiger partial charge in [-0.25, -0.2) is 0 Å². The predicted octanol–water partition coefficient (Wildman–Crippen LogP) is 4.31. The van der Waals surface area contributed by atoms with Gasteiger partial charge >= 0.3 is 0 Å². The number of benzene rings is 2. The van der Waals surface area contributed by atoms with Gasteiger partial charge in [0.1, 0.15) is 17.2 Å². The van der Waals surface area contributed by atoms with Crippen molar-refractivity contribution in [2.75, 3.05) is 6.61 Å². The third-order valence-electron chi connectivity index (χ3n) is 2.89. The highest BCUT2D eigenvalue weighted by Crippen LogP contribution is 2.23. The normalized spacial score (nSPS) is 10.1. The van der Waals surface area contributed by atoms with Crippen molar-refractivity contribution in [1.82, 2.24) is 0 Å². The zero-order valence-electron chi connectivity index (χ0n) is 11.8. The van der Waals surface area contributed by atoms with E-state index in [2.05, 4.69) is 0 Å². The quantitative estimate of drug-likeness (QED) is 0.583. The van der Waals surface area contributed by atoms with Crippen LogP contribution in [-0.4, -0.2) is 11.6 Å². The molecule has 21 heavy (non-hydrogen) atoms. The number of nitrogens with two attached hydrogens (primary N) is 1. The number of rotatable bonds is 8. The molecule has 0 fully saturated rings.